The second-order valence-electron chi connectivity index (χ2n) is 4.39. The molecule has 1 amide bonds. The fourth-order valence-electron chi connectivity index (χ4n) is 1.81. The molecule has 0 radical (unpaired) electrons. The molecule has 0 atom stereocenters. The molecule has 0 unspecified atom stereocenters. The Kier molecular flexibility index (Phi) is 4.32. The number of hydrogen-bond donors (Lipinski definition) is 1. The zero-order valence-electron chi connectivity index (χ0n) is 10.9. The number of nitro groups is 1. The molecule has 0 aromatic heterocycles. The van der Waals surface area contributed by atoms with Crippen LogP contribution in [0.3, 0.4) is 0 Å². The Morgan fingerprint density at radius 3 is 2.62 bits per heavy atom. The fraction of sp³-hybridized carbons (Fsp3) is 0.0714. The lowest BCUT2D eigenvalue weighted by Gasteiger charge is -2.07. The molecule has 7 heteroatoms. The van der Waals surface area contributed by atoms with Gasteiger partial charge in [-0.05, 0) is 58.7 Å². The van der Waals surface area contributed by atoms with E-state index in [1.54, 1.807) is 13.0 Å². The number of carbonyl (C=O) groups excluding carboxylic acids is 1. The SMILES string of the molecule is Cc1cc(F)cc(NC(=O)c2ccc(Br)c([N+](=O)[O-])c2)c1. The van der Waals surface area contributed by atoms with Crippen molar-refractivity contribution in [1.82, 2.24) is 0 Å². The van der Waals surface area contributed by atoms with Crippen molar-refractivity contribution in [2.24, 2.45) is 0 Å². The number of nitro benzene ring substituents is 1. The molecule has 0 aliphatic carbocycles. The van der Waals surface area contributed by atoms with Gasteiger partial charge >= 0.3 is 0 Å². The van der Waals surface area contributed by atoms with E-state index in [-0.39, 0.29) is 15.7 Å². The highest BCUT2D eigenvalue weighted by Crippen LogP contribution is 2.26. The van der Waals surface area contributed by atoms with E-state index in [4.69, 9.17) is 0 Å². The van der Waals surface area contributed by atoms with Gasteiger partial charge in [0.05, 0.1) is 9.40 Å². The molecule has 0 saturated carbocycles. The lowest BCUT2D eigenvalue weighted by atomic mass is 10.1. The summed E-state index contributed by atoms with van der Waals surface area (Å²) in [5, 5.41) is 13.3. The smallest absolute Gasteiger partial charge is 0.284 e. The number of carbonyl (C=O) groups is 1. The van der Waals surface area contributed by atoms with Gasteiger partial charge in [-0.3, -0.25) is 14.9 Å². The first-order valence-electron chi connectivity index (χ1n) is 5.89. The molecule has 1 N–H and O–H groups in total. The van der Waals surface area contributed by atoms with Crippen LogP contribution in [0.25, 0.3) is 0 Å². The van der Waals surface area contributed by atoms with Gasteiger partial charge in [0.25, 0.3) is 11.6 Å². The summed E-state index contributed by atoms with van der Waals surface area (Å²) in [5.41, 5.74) is 0.861. The molecule has 0 aliphatic heterocycles. The number of halogens is 2. The third-order valence-electron chi connectivity index (χ3n) is 2.71. The van der Waals surface area contributed by atoms with Crippen LogP contribution in [-0.4, -0.2) is 10.8 Å². The summed E-state index contributed by atoms with van der Waals surface area (Å²) in [6, 6.07) is 8.14. The molecule has 0 saturated heterocycles. The minimum absolute atomic E-state index is 0.117. The van der Waals surface area contributed by atoms with Gasteiger partial charge in [-0.1, -0.05) is 0 Å². The number of amides is 1. The Morgan fingerprint density at radius 2 is 2.00 bits per heavy atom. The van der Waals surface area contributed by atoms with Crippen molar-refractivity contribution in [3.05, 3.63) is 67.9 Å². The quantitative estimate of drug-likeness (QED) is 0.668. The Bertz CT molecular complexity index is 714. The van der Waals surface area contributed by atoms with Gasteiger partial charge in [-0.25, -0.2) is 4.39 Å². The van der Waals surface area contributed by atoms with Crippen LogP contribution in [-0.2, 0) is 0 Å². The third kappa shape index (κ3) is 3.63. The highest BCUT2D eigenvalue weighted by Gasteiger charge is 2.16. The average Bonchev–Trinajstić information content (AvgIpc) is 2.37. The van der Waals surface area contributed by atoms with Crippen molar-refractivity contribution in [2.75, 3.05) is 5.32 Å². The Hall–Kier alpha value is -2.28. The van der Waals surface area contributed by atoms with Crippen molar-refractivity contribution in [1.29, 1.82) is 0 Å². The Balaban J connectivity index is 2.28. The van der Waals surface area contributed by atoms with Crippen LogP contribution in [0.4, 0.5) is 15.8 Å². The van der Waals surface area contributed by atoms with Crippen LogP contribution >= 0.6 is 15.9 Å². The van der Waals surface area contributed by atoms with E-state index >= 15 is 0 Å². The van der Waals surface area contributed by atoms with Gasteiger partial charge in [0, 0.05) is 17.3 Å². The van der Waals surface area contributed by atoms with Gasteiger partial charge < -0.3 is 5.32 Å². The highest BCUT2D eigenvalue weighted by atomic mass is 79.9. The molecule has 2 rings (SSSR count). The van der Waals surface area contributed by atoms with E-state index < -0.39 is 16.6 Å². The summed E-state index contributed by atoms with van der Waals surface area (Å²) in [7, 11) is 0. The molecule has 2 aromatic carbocycles. The molecule has 0 heterocycles. The summed E-state index contributed by atoms with van der Waals surface area (Å²) >= 11 is 3.04. The number of aryl methyl sites for hydroxylation is 1. The fourth-order valence-corrected chi connectivity index (χ4v) is 2.20. The molecular weight excluding hydrogens is 343 g/mol. The molecule has 0 spiro atoms. The van der Waals surface area contributed by atoms with Crippen LogP contribution < -0.4 is 5.32 Å². The summed E-state index contributed by atoms with van der Waals surface area (Å²) in [5.74, 6) is -1.01. The maximum Gasteiger partial charge on any atom is 0.284 e. The van der Waals surface area contributed by atoms with Crippen LogP contribution in [0, 0.1) is 22.9 Å². The van der Waals surface area contributed by atoms with Gasteiger partial charge in [0.1, 0.15) is 5.82 Å². The van der Waals surface area contributed by atoms with E-state index in [2.05, 4.69) is 21.2 Å². The van der Waals surface area contributed by atoms with E-state index in [1.807, 2.05) is 0 Å². The van der Waals surface area contributed by atoms with Crippen LogP contribution in [0.1, 0.15) is 15.9 Å². The number of hydrogen-bond acceptors (Lipinski definition) is 3. The first kappa shape index (κ1) is 15.1. The van der Waals surface area contributed by atoms with Crippen molar-refractivity contribution in [2.45, 2.75) is 6.92 Å². The normalized spacial score (nSPS) is 10.2. The van der Waals surface area contributed by atoms with Crippen molar-refractivity contribution in [3.8, 4) is 0 Å². The molecule has 0 aliphatic rings. The first-order chi connectivity index (χ1) is 9.86. The number of rotatable bonds is 3. The first-order valence-corrected chi connectivity index (χ1v) is 6.68. The monoisotopic (exact) mass is 352 g/mol. The average molecular weight is 353 g/mol. The third-order valence-corrected chi connectivity index (χ3v) is 3.38. The van der Waals surface area contributed by atoms with Gasteiger partial charge in [0.2, 0.25) is 0 Å². The summed E-state index contributed by atoms with van der Waals surface area (Å²) in [6.07, 6.45) is 0. The van der Waals surface area contributed by atoms with Crippen molar-refractivity contribution >= 4 is 33.2 Å². The number of nitrogens with zero attached hydrogens (tertiary/aromatic N) is 1. The van der Waals surface area contributed by atoms with E-state index in [9.17, 15) is 19.3 Å². The van der Waals surface area contributed by atoms with Crippen molar-refractivity contribution < 1.29 is 14.1 Å². The highest BCUT2D eigenvalue weighted by molar-refractivity contribution is 9.10. The van der Waals surface area contributed by atoms with E-state index in [0.29, 0.717) is 11.3 Å². The summed E-state index contributed by atoms with van der Waals surface area (Å²) < 4.78 is 13.5. The van der Waals surface area contributed by atoms with Crippen LogP contribution in [0.15, 0.2) is 40.9 Å². The zero-order valence-corrected chi connectivity index (χ0v) is 12.5. The lowest BCUT2D eigenvalue weighted by molar-refractivity contribution is -0.385. The number of nitrogens with one attached hydrogen (secondary N) is 1. The number of anilines is 1. The standard InChI is InChI=1S/C14H10BrFN2O3/c1-8-4-10(16)7-11(5-8)17-14(19)9-2-3-12(15)13(6-9)18(20)21/h2-7H,1H3,(H,17,19). The molecule has 0 fully saturated rings. The molecule has 2 aromatic rings. The largest absolute Gasteiger partial charge is 0.322 e. The summed E-state index contributed by atoms with van der Waals surface area (Å²) in [6.45, 7) is 1.70. The Morgan fingerprint density at radius 1 is 1.29 bits per heavy atom. The van der Waals surface area contributed by atoms with Gasteiger partial charge in [-0.2, -0.15) is 0 Å². The maximum atomic E-state index is 13.3. The zero-order chi connectivity index (χ0) is 15.6. The topological polar surface area (TPSA) is 72.2 Å². The van der Waals surface area contributed by atoms with Gasteiger partial charge in [0.15, 0.2) is 0 Å². The minimum atomic E-state index is -0.590. The predicted molar refractivity (Wildman–Crippen MR) is 79.9 cm³/mol. The second-order valence-corrected chi connectivity index (χ2v) is 5.25. The van der Waals surface area contributed by atoms with Crippen LogP contribution in [0.5, 0.6) is 0 Å². The second kappa shape index (κ2) is 6.01. The lowest BCUT2D eigenvalue weighted by Crippen LogP contribution is -2.12. The molecule has 0 bridgehead atoms. The van der Waals surface area contributed by atoms with E-state index in [0.717, 1.165) is 6.07 Å². The molecular formula is C14H10BrFN2O3. The molecule has 5 nitrogen and oxygen atoms in total. The predicted octanol–water partition coefficient (Wildman–Crippen LogP) is 4.06. The minimum Gasteiger partial charge on any atom is -0.322 e. The maximum absolute atomic E-state index is 13.3. The van der Waals surface area contributed by atoms with E-state index in [1.165, 1.54) is 24.3 Å². The number of benzene rings is 2. The summed E-state index contributed by atoms with van der Waals surface area (Å²) in [4.78, 5) is 22.3. The van der Waals surface area contributed by atoms with Gasteiger partial charge in [-0.15, -0.1) is 0 Å². The Labute approximate surface area is 128 Å². The molecule has 108 valence electrons. The molecule has 21 heavy (non-hydrogen) atoms. The van der Waals surface area contributed by atoms with Crippen molar-refractivity contribution in [3.63, 3.8) is 0 Å². The van der Waals surface area contributed by atoms with Crippen LogP contribution in [0.2, 0.25) is 0 Å².